The van der Waals surface area contributed by atoms with E-state index in [1.54, 1.807) is 19.2 Å². The number of nitrogens with one attached hydrogen (secondary N) is 2. The minimum absolute atomic E-state index is 0.0615. The minimum Gasteiger partial charge on any atom is -0.497 e. The number of carbonyl (C=O) groups is 3. The highest BCUT2D eigenvalue weighted by molar-refractivity contribution is 5.86. The molecule has 8 heteroatoms. The van der Waals surface area contributed by atoms with Gasteiger partial charge in [-0.05, 0) is 46.4 Å². The number of hydrogen-bond acceptors (Lipinski definition) is 5. The van der Waals surface area contributed by atoms with Gasteiger partial charge in [0.2, 0.25) is 5.91 Å². The molecule has 0 spiro atoms. The van der Waals surface area contributed by atoms with Crippen LogP contribution in [0.1, 0.15) is 35.4 Å². The monoisotopic (exact) mass is 488 g/mol. The lowest BCUT2D eigenvalue weighted by atomic mass is 9.98. The average Bonchev–Trinajstić information content (AvgIpc) is 3.22. The topological polar surface area (TPSA) is 114 Å². The third-order valence-electron chi connectivity index (χ3n) is 6.22. The Kier molecular flexibility index (Phi) is 7.85. The average molecular weight is 489 g/mol. The first-order valence-corrected chi connectivity index (χ1v) is 11.7. The fourth-order valence-corrected chi connectivity index (χ4v) is 4.37. The SMILES string of the molecule is COc1ccc(CNC(=O)[C@H](CCC(=O)O)NC(=O)OCC2c3ccccc3-c3ccccc32)cc1. The van der Waals surface area contributed by atoms with Crippen molar-refractivity contribution >= 4 is 18.0 Å². The normalized spacial score (nSPS) is 12.7. The van der Waals surface area contributed by atoms with E-state index in [-0.39, 0.29) is 31.9 Å². The van der Waals surface area contributed by atoms with Crippen LogP contribution in [0.3, 0.4) is 0 Å². The van der Waals surface area contributed by atoms with Crippen LogP contribution in [0.25, 0.3) is 11.1 Å². The van der Waals surface area contributed by atoms with Crippen LogP contribution in [0.2, 0.25) is 0 Å². The van der Waals surface area contributed by atoms with Crippen molar-refractivity contribution in [3.05, 3.63) is 89.5 Å². The summed E-state index contributed by atoms with van der Waals surface area (Å²) in [5, 5.41) is 14.4. The van der Waals surface area contributed by atoms with Crippen LogP contribution in [0.5, 0.6) is 5.75 Å². The van der Waals surface area contributed by atoms with E-state index in [9.17, 15) is 14.4 Å². The van der Waals surface area contributed by atoms with Crippen molar-refractivity contribution in [2.75, 3.05) is 13.7 Å². The van der Waals surface area contributed by atoms with Crippen molar-refractivity contribution in [1.29, 1.82) is 0 Å². The molecule has 36 heavy (non-hydrogen) atoms. The Morgan fingerprint density at radius 1 is 0.917 bits per heavy atom. The van der Waals surface area contributed by atoms with Crippen LogP contribution in [0.4, 0.5) is 4.79 Å². The van der Waals surface area contributed by atoms with Crippen molar-refractivity contribution in [3.63, 3.8) is 0 Å². The van der Waals surface area contributed by atoms with Gasteiger partial charge in [0.25, 0.3) is 0 Å². The molecule has 186 valence electrons. The Balaban J connectivity index is 1.37. The number of ether oxygens (including phenoxy) is 2. The van der Waals surface area contributed by atoms with Crippen molar-refractivity contribution < 1.29 is 29.0 Å². The molecular formula is C28H28N2O6. The molecule has 1 aliphatic carbocycles. The molecule has 0 heterocycles. The Hall–Kier alpha value is -4.33. The van der Waals surface area contributed by atoms with Gasteiger partial charge in [0, 0.05) is 18.9 Å². The maximum Gasteiger partial charge on any atom is 0.407 e. The van der Waals surface area contributed by atoms with E-state index in [1.807, 2.05) is 60.7 Å². The molecular weight excluding hydrogens is 460 g/mol. The maximum absolute atomic E-state index is 12.8. The fraction of sp³-hybridized carbons (Fsp3) is 0.250. The van der Waals surface area contributed by atoms with Crippen LogP contribution < -0.4 is 15.4 Å². The standard InChI is InChI=1S/C28H28N2O6/c1-35-19-12-10-18(11-13-19)16-29-27(33)25(14-15-26(31)32)30-28(34)36-17-24-22-8-4-2-6-20(22)21-7-3-5-9-23(21)24/h2-13,24-25H,14-17H2,1H3,(H,29,33)(H,30,34)(H,31,32)/t25-/m0/s1. The number of carboxylic acid groups (broad SMARTS) is 1. The molecule has 0 saturated heterocycles. The molecule has 2 amide bonds. The number of fused-ring (bicyclic) bond motifs is 3. The van der Waals surface area contributed by atoms with E-state index in [4.69, 9.17) is 14.6 Å². The lowest BCUT2D eigenvalue weighted by Gasteiger charge is -2.19. The van der Waals surface area contributed by atoms with Crippen molar-refractivity contribution in [3.8, 4) is 16.9 Å². The number of hydrogen-bond donors (Lipinski definition) is 3. The lowest BCUT2D eigenvalue weighted by Crippen LogP contribution is -2.47. The smallest absolute Gasteiger partial charge is 0.407 e. The van der Waals surface area contributed by atoms with E-state index < -0.39 is 24.0 Å². The Bertz CT molecular complexity index is 1200. The third kappa shape index (κ3) is 5.83. The molecule has 8 nitrogen and oxygen atoms in total. The molecule has 0 radical (unpaired) electrons. The lowest BCUT2D eigenvalue weighted by molar-refractivity contribution is -0.137. The number of benzene rings is 3. The van der Waals surface area contributed by atoms with Gasteiger partial charge in [0.15, 0.2) is 0 Å². The zero-order chi connectivity index (χ0) is 25.5. The van der Waals surface area contributed by atoms with Gasteiger partial charge < -0.3 is 25.2 Å². The zero-order valence-corrected chi connectivity index (χ0v) is 19.9. The predicted octanol–water partition coefficient (Wildman–Crippen LogP) is 4.08. The van der Waals surface area contributed by atoms with Crippen LogP contribution in [0.15, 0.2) is 72.8 Å². The molecule has 0 aliphatic heterocycles. The van der Waals surface area contributed by atoms with Crippen molar-refractivity contribution in [2.45, 2.75) is 31.3 Å². The largest absolute Gasteiger partial charge is 0.497 e. The number of carboxylic acids is 1. The molecule has 3 N–H and O–H groups in total. The predicted molar refractivity (Wildman–Crippen MR) is 134 cm³/mol. The summed E-state index contributed by atoms with van der Waals surface area (Å²) in [6, 6.07) is 22.1. The van der Waals surface area contributed by atoms with Crippen LogP contribution in [-0.2, 0) is 20.9 Å². The van der Waals surface area contributed by atoms with Gasteiger partial charge in [-0.25, -0.2) is 4.79 Å². The van der Waals surface area contributed by atoms with Gasteiger partial charge in [-0.3, -0.25) is 9.59 Å². The first-order valence-electron chi connectivity index (χ1n) is 11.7. The summed E-state index contributed by atoms with van der Waals surface area (Å²) >= 11 is 0. The Morgan fingerprint density at radius 2 is 1.53 bits per heavy atom. The Labute approximate surface area is 209 Å². The highest BCUT2D eigenvalue weighted by atomic mass is 16.5. The number of aliphatic carboxylic acids is 1. The molecule has 3 aromatic rings. The van der Waals surface area contributed by atoms with Gasteiger partial charge >= 0.3 is 12.1 Å². The summed E-state index contributed by atoms with van der Waals surface area (Å²) in [5.74, 6) is -0.969. The molecule has 1 atom stereocenters. The number of amides is 2. The Morgan fingerprint density at radius 3 is 2.11 bits per heavy atom. The maximum atomic E-state index is 12.8. The van der Waals surface area contributed by atoms with Gasteiger partial charge in [-0.1, -0.05) is 60.7 Å². The summed E-state index contributed by atoms with van der Waals surface area (Å²) in [6.07, 6.45) is -1.11. The van der Waals surface area contributed by atoms with E-state index in [0.717, 1.165) is 27.8 Å². The fourth-order valence-electron chi connectivity index (χ4n) is 4.37. The number of carbonyl (C=O) groups excluding carboxylic acids is 2. The highest BCUT2D eigenvalue weighted by Crippen LogP contribution is 2.44. The molecule has 0 unspecified atom stereocenters. The molecule has 0 saturated carbocycles. The van der Waals surface area contributed by atoms with Crippen molar-refractivity contribution in [2.24, 2.45) is 0 Å². The number of alkyl carbamates (subject to hydrolysis) is 1. The van der Waals surface area contributed by atoms with E-state index in [1.165, 1.54) is 0 Å². The highest BCUT2D eigenvalue weighted by Gasteiger charge is 2.30. The molecule has 0 fully saturated rings. The van der Waals surface area contributed by atoms with Crippen molar-refractivity contribution in [1.82, 2.24) is 10.6 Å². The van der Waals surface area contributed by atoms with E-state index in [0.29, 0.717) is 5.75 Å². The molecule has 4 rings (SSSR count). The second kappa shape index (κ2) is 11.4. The summed E-state index contributed by atoms with van der Waals surface area (Å²) in [4.78, 5) is 36.5. The second-order valence-electron chi connectivity index (χ2n) is 8.52. The summed E-state index contributed by atoms with van der Waals surface area (Å²) < 4.78 is 10.6. The van der Waals surface area contributed by atoms with Crippen LogP contribution in [0, 0.1) is 0 Å². The number of rotatable bonds is 10. The quantitative estimate of drug-likeness (QED) is 0.396. The first kappa shape index (κ1) is 24.8. The minimum atomic E-state index is -1.06. The van der Waals surface area contributed by atoms with Crippen LogP contribution >= 0.6 is 0 Å². The summed E-state index contributed by atoms with van der Waals surface area (Å²) in [7, 11) is 1.57. The van der Waals surface area contributed by atoms with E-state index in [2.05, 4.69) is 10.6 Å². The first-order chi connectivity index (χ1) is 17.5. The van der Waals surface area contributed by atoms with Crippen LogP contribution in [-0.4, -0.2) is 42.8 Å². The van der Waals surface area contributed by atoms with Gasteiger partial charge in [-0.2, -0.15) is 0 Å². The third-order valence-corrected chi connectivity index (χ3v) is 6.22. The second-order valence-corrected chi connectivity index (χ2v) is 8.52. The van der Waals surface area contributed by atoms with Gasteiger partial charge in [0.05, 0.1) is 7.11 Å². The number of methoxy groups -OCH3 is 1. The summed E-state index contributed by atoms with van der Waals surface area (Å²) in [5.41, 5.74) is 5.21. The summed E-state index contributed by atoms with van der Waals surface area (Å²) in [6.45, 7) is 0.317. The molecule has 0 aromatic heterocycles. The molecule has 1 aliphatic rings. The van der Waals surface area contributed by atoms with Gasteiger partial charge in [-0.15, -0.1) is 0 Å². The zero-order valence-electron chi connectivity index (χ0n) is 19.9. The molecule has 3 aromatic carbocycles. The van der Waals surface area contributed by atoms with E-state index >= 15 is 0 Å². The van der Waals surface area contributed by atoms with Gasteiger partial charge in [0.1, 0.15) is 18.4 Å². The molecule has 0 bridgehead atoms.